The Bertz CT molecular complexity index is 730. The molecule has 1 aliphatic rings. The van der Waals surface area contributed by atoms with Gasteiger partial charge >= 0.3 is 0 Å². The Balaban J connectivity index is 1.64. The fourth-order valence-corrected chi connectivity index (χ4v) is 2.57. The van der Waals surface area contributed by atoms with Gasteiger partial charge in [-0.05, 0) is 38.1 Å². The minimum Gasteiger partial charge on any atom is -0.483 e. The number of carbonyl (C=O) groups is 1. The number of aromatic nitrogens is 2. The van der Waals surface area contributed by atoms with Gasteiger partial charge in [0, 0.05) is 23.0 Å². The van der Waals surface area contributed by atoms with E-state index in [0.717, 1.165) is 24.3 Å². The van der Waals surface area contributed by atoms with Gasteiger partial charge in [-0.2, -0.15) is 4.98 Å². The summed E-state index contributed by atoms with van der Waals surface area (Å²) in [4.78, 5) is 17.3. The molecule has 0 unspecified atom stereocenters. The van der Waals surface area contributed by atoms with Gasteiger partial charge in [-0.3, -0.25) is 9.69 Å². The van der Waals surface area contributed by atoms with E-state index in [-0.39, 0.29) is 6.61 Å². The van der Waals surface area contributed by atoms with Crippen molar-refractivity contribution in [3.63, 3.8) is 0 Å². The third-order valence-corrected chi connectivity index (χ3v) is 3.89. The van der Waals surface area contributed by atoms with Gasteiger partial charge in [-0.1, -0.05) is 16.8 Å². The first-order valence-electron chi connectivity index (χ1n) is 7.72. The van der Waals surface area contributed by atoms with E-state index in [4.69, 9.17) is 26.6 Å². The molecule has 1 aliphatic carbocycles. The van der Waals surface area contributed by atoms with Crippen LogP contribution in [0, 0.1) is 0 Å². The Labute approximate surface area is 144 Å². The maximum absolute atomic E-state index is 10.9. The van der Waals surface area contributed by atoms with Crippen molar-refractivity contribution in [1.82, 2.24) is 15.0 Å². The number of hydrogen-bond acceptors (Lipinski definition) is 6. The van der Waals surface area contributed by atoms with Gasteiger partial charge in [0.05, 0.1) is 6.54 Å². The summed E-state index contributed by atoms with van der Waals surface area (Å²) in [6.07, 6.45) is 2.25. The first-order valence-corrected chi connectivity index (χ1v) is 8.09. The molecular weight excluding hydrogens is 332 g/mol. The van der Waals surface area contributed by atoms with Gasteiger partial charge in [0.25, 0.3) is 5.91 Å². The first kappa shape index (κ1) is 16.7. The van der Waals surface area contributed by atoms with Crippen molar-refractivity contribution in [2.75, 3.05) is 13.7 Å². The number of nitrogens with two attached hydrogens (primary N) is 1. The van der Waals surface area contributed by atoms with Crippen molar-refractivity contribution in [3.05, 3.63) is 40.5 Å². The van der Waals surface area contributed by atoms with Crippen LogP contribution in [0.15, 0.2) is 22.7 Å². The molecule has 2 N–H and O–H groups in total. The molecule has 2 aromatic rings. The third-order valence-electron chi connectivity index (χ3n) is 3.65. The van der Waals surface area contributed by atoms with E-state index in [0.29, 0.717) is 35.6 Å². The van der Waals surface area contributed by atoms with E-state index in [1.54, 1.807) is 18.2 Å². The number of ether oxygens (including phenoxy) is 1. The van der Waals surface area contributed by atoms with E-state index in [1.165, 1.54) is 0 Å². The second-order valence-corrected chi connectivity index (χ2v) is 6.44. The average molecular weight is 351 g/mol. The summed E-state index contributed by atoms with van der Waals surface area (Å²) >= 11 is 6.06. The predicted octanol–water partition coefficient (Wildman–Crippen LogP) is 2.10. The summed E-state index contributed by atoms with van der Waals surface area (Å²) < 4.78 is 10.7. The zero-order chi connectivity index (χ0) is 17.1. The van der Waals surface area contributed by atoms with Gasteiger partial charge in [0.2, 0.25) is 5.89 Å². The van der Waals surface area contributed by atoms with Crippen LogP contribution in [-0.2, 0) is 17.9 Å². The summed E-state index contributed by atoms with van der Waals surface area (Å²) in [5.41, 5.74) is 5.99. The topological polar surface area (TPSA) is 94.5 Å². The monoisotopic (exact) mass is 350 g/mol. The van der Waals surface area contributed by atoms with Gasteiger partial charge in [-0.25, -0.2) is 0 Å². The summed E-state index contributed by atoms with van der Waals surface area (Å²) in [5, 5.41) is 4.61. The molecule has 1 heterocycles. The van der Waals surface area contributed by atoms with E-state index in [1.807, 2.05) is 11.9 Å². The number of carbonyl (C=O) groups excluding carboxylic acids is 1. The smallest absolute Gasteiger partial charge is 0.255 e. The van der Waals surface area contributed by atoms with Crippen LogP contribution in [0.4, 0.5) is 0 Å². The molecule has 1 aromatic heterocycles. The van der Waals surface area contributed by atoms with Crippen LogP contribution in [0.3, 0.4) is 0 Å². The molecule has 1 amide bonds. The highest BCUT2D eigenvalue weighted by Crippen LogP contribution is 2.38. The lowest BCUT2D eigenvalue weighted by molar-refractivity contribution is -0.119. The largest absolute Gasteiger partial charge is 0.483 e. The standard InChI is InChI=1S/C16H19ClN4O3/c1-21(8-15-19-16(24-20-15)10-2-3-10)7-11-6-12(17)4-5-13(11)23-9-14(18)22/h4-6,10H,2-3,7-9H2,1H3,(H2,18,22). The number of primary amides is 1. The minimum absolute atomic E-state index is 0.173. The summed E-state index contributed by atoms with van der Waals surface area (Å²) in [5.74, 6) is 1.88. The van der Waals surface area contributed by atoms with E-state index >= 15 is 0 Å². The van der Waals surface area contributed by atoms with Crippen molar-refractivity contribution in [2.24, 2.45) is 5.73 Å². The molecule has 0 radical (unpaired) electrons. The second kappa shape index (κ2) is 7.19. The zero-order valence-electron chi connectivity index (χ0n) is 13.4. The van der Waals surface area contributed by atoms with Crippen LogP contribution in [0.1, 0.15) is 36.0 Å². The maximum Gasteiger partial charge on any atom is 0.255 e. The Kier molecular flexibility index (Phi) is 5.01. The summed E-state index contributed by atoms with van der Waals surface area (Å²) in [6, 6.07) is 5.25. The number of halogens is 1. The van der Waals surface area contributed by atoms with E-state index in [9.17, 15) is 4.79 Å². The third kappa shape index (κ3) is 4.46. The molecule has 0 bridgehead atoms. The highest BCUT2D eigenvalue weighted by molar-refractivity contribution is 6.30. The van der Waals surface area contributed by atoms with Crippen molar-refractivity contribution in [3.8, 4) is 5.75 Å². The second-order valence-electron chi connectivity index (χ2n) is 6.00. The van der Waals surface area contributed by atoms with E-state index < -0.39 is 5.91 Å². The molecule has 1 fully saturated rings. The predicted molar refractivity (Wildman–Crippen MR) is 87.6 cm³/mol. The molecule has 3 rings (SSSR count). The number of nitrogens with zero attached hydrogens (tertiary/aromatic N) is 3. The first-order chi connectivity index (χ1) is 11.5. The van der Waals surface area contributed by atoms with Gasteiger partial charge in [0.15, 0.2) is 12.4 Å². The molecule has 0 aliphatic heterocycles. The summed E-state index contributed by atoms with van der Waals surface area (Å²) in [6.45, 7) is 0.924. The molecule has 7 nitrogen and oxygen atoms in total. The van der Waals surface area contributed by atoms with Crippen LogP contribution in [0.25, 0.3) is 0 Å². The van der Waals surface area contributed by atoms with Crippen LogP contribution in [0.2, 0.25) is 5.02 Å². The number of rotatable bonds is 8. The van der Waals surface area contributed by atoms with E-state index in [2.05, 4.69) is 10.1 Å². The average Bonchev–Trinajstić information content (AvgIpc) is 3.27. The highest BCUT2D eigenvalue weighted by atomic mass is 35.5. The van der Waals surface area contributed by atoms with Crippen molar-refractivity contribution >= 4 is 17.5 Å². The fourth-order valence-electron chi connectivity index (χ4n) is 2.38. The zero-order valence-corrected chi connectivity index (χ0v) is 14.1. The molecule has 0 spiro atoms. The number of benzene rings is 1. The number of hydrogen-bond donors (Lipinski definition) is 1. The molecule has 1 saturated carbocycles. The minimum atomic E-state index is -0.524. The Morgan fingerprint density at radius 3 is 2.96 bits per heavy atom. The maximum atomic E-state index is 10.9. The lowest BCUT2D eigenvalue weighted by Crippen LogP contribution is -2.22. The number of amides is 1. The molecule has 8 heteroatoms. The lowest BCUT2D eigenvalue weighted by Gasteiger charge is -2.17. The van der Waals surface area contributed by atoms with Gasteiger partial charge in [0.1, 0.15) is 5.75 Å². The van der Waals surface area contributed by atoms with Gasteiger partial charge < -0.3 is 15.0 Å². The van der Waals surface area contributed by atoms with Crippen molar-refractivity contribution in [1.29, 1.82) is 0 Å². The van der Waals surface area contributed by atoms with Crippen LogP contribution < -0.4 is 10.5 Å². The molecule has 1 aromatic carbocycles. The molecule has 128 valence electrons. The molecule has 0 saturated heterocycles. The highest BCUT2D eigenvalue weighted by Gasteiger charge is 2.29. The molecule has 0 atom stereocenters. The van der Waals surface area contributed by atoms with Crippen molar-refractivity contribution < 1.29 is 14.1 Å². The fraction of sp³-hybridized carbons (Fsp3) is 0.438. The Hall–Kier alpha value is -2.12. The summed E-state index contributed by atoms with van der Waals surface area (Å²) in [7, 11) is 1.94. The van der Waals surface area contributed by atoms with Crippen molar-refractivity contribution in [2.45, 2.75) is 31.8 Å². The van der Waals surface area contributed by atoms with Crippen LogP contribution >= 0.6 is 11.6 Å². The SMILES string of the molecule is CN(Cc1noc(C2CC2)n1)Cc1cc(Cl)ccc1OCC(N)=O. The Morgan fingerprint density at radius 2 is 2.25 bits per heavy atom. The lowest BCUT2D eigenvalue weighted by atomic mass is 10.2. The van der Waals surface area contributed by atoms with Gasteiger partial charge in [-0.15, -0.1) is 0 Å². The molecule has 24 heavy (non-hydrogen) atoms. The van der Waals surface area contributed by atoms with Crippen LogP contribution in [0.5, 0.6) is 5.75 Å². The Morgan fingerprint density at radius 1 is 1.46 bits per heavy atom. The quantitative estimate of drug-likeness (QED) is 0.783. The van der Waals surface area contributed by atoms with Crippen LogP contribution in [-0.4, -0.2) is 34.6 Å². The molecular formula is C16H19ClN4O3. The normalized spacial score (nSPS) is 14.1.